The number of hydrogen-bond acceptors (Lipinski definition) is 8. The van der Waals surface area contributed by atoms with Crippen molar-refractivity contribution < 1.29 is 0 Å². The van der Waals surface area contributed by atoms with E-state index in [4.69, 9.17) is 0 Å². The quantitative estimate of drug-likeness (QED) is 0.114. The zero-order chi connectivity index (χ0) is 42.8. The molecule has 10 rings (SSSR count). The van der Waals surface area contributed by atoms with Crippen LogP contribution in [0.3, 0.4) is 0 Å². The maximum Gasteiger partial charge on any atom is 0.181 e. The Balaban J connectivity index is 0.000000144. The summed E-state index contributed by atoms with van der Waals surface area (Å²) < 4.78 is 0. The van der Waals surface area contributed by atoms with Crippen LogP contribution in [0.5, 0.6) is 0 Å². The first-order valence-electron chi connectivity index (χ1n) is 20.7. The first kappa shape index (κ1) is 45.3. The summed E-state index contributed by atoms with van der Waals surface area (Å²) in [4.78, 5) is 12.5. The van der Waals surface area contributed by atoms with Crippen molar-refractivity contribution in [1.82, 2.24) is 65.9 Å². The Bertz CT molecular complexity index is 2400. The van der Waals surface area contributed by atoms with Gasteiger partial charge in [0.15, 0.2) is 5.65 Å². The number of fused-ring (bicyclic) bond motifs is 5. The number of para-hydroxylation sites is 2. The van der Waals surface area contributed by atoms with Crippen molar-refractivity contribution in [2.45, 2.75) is 106 Å². The molecule has 61 heavy (non-hydrogen) atoms. The fraction of sp³-hybridized carbons (Fsp3) is 0.333. The number of H-pyrrole nitrogens is 5. The van der Waals surface area contributed by atoms with E-state index < -0.39 is 0 Å². The van der Waals surface area contributed by atoms with Gasteiger partial charge in [-0.05, 0) is 72.1 Å². The van der Waals surface area contributed by atoms with Gasteiger partial charge in [0.2, 0.25) is 0 Å². The molecule has 13 nitrogen and oxygen atoms in total. The predicted molar refractivity (Wildman–Crippen MR) is 251 cm³/mol. The lowest BCUT2D eigenvalue weighted by Crippen LogP contribution is -1.88. The van der Waals surface area contributed by atoms with Crippen LogP contribution in [0.4, 0.5) is 0 Å². The highest BCUT2D eigenvalue weighted by molar-refractivity contribution is 5.83. The highest BCUT2D eigenvalue weighted by Crippen LogP contribution is 2.24. The normalized spacial score (nSPS) is 11.1. The van der Waals surface area contributed by atoms with E-state index in [1.165, 1.54) is 22.2 Å². The summed E-state index contributed by atoms with van der Waals surface area (Å²) in [5.41, 5.74) is 11.8. The van der Waals surface area contributed by atoms with Gasteiger partial charge >= 0.3 is 0 Å². The van der Waals surface area contributed by atoms with Gasteiger partial charge in [-0.1, -0.05) is 113 Å². The zero-order valence-electron chi connectivity index (χ0n) is 36.3. The summed E-state index contributed by atoms with van der Waals surface area (Å²) in [6.45, 7) is 21.5. The molecule has 2 aromatic carbocycles. The smallest absolute Gasteiger partial charge is 0.181 e. The number of aromatic amines is 5. The van der Waals surface area contributed by atoms with Crippen LogP contribution in [-0.2, 0) is 0 Å². The Morgan fingerprint density at radius 1 is 0.361 bits per heavy atom. The molecule has 8 aromatic heterocycles. The lowest BCUT2D eigenvalue weighted by atomic mass is 10.1. The van der Waals surface area contributed by atoms with Crippen molar-refractivity contribution in [3.05, 3.63) is 132 Å². The molecule has 0 aliphatic rings. The van der Waals surface area contributed by atoms with Crippen molar-refractivity contribution in [1.29, 1.82) is 0 Å². The van der Waals surface area contributed by atoms with E-state index in [0.717, 1.165) is 61.1 Å². The van der Waals surface area contributed by atoms with Gasteiger partial charge in [-0.3, -0.25) is 35.5 Å². The molecule has 0 atom stereocenters. The van der Waals surface area contributed by atoms with E-state index in [1.807, 2.05) is 72.9 Å². The number of nitrogens with zero attached hydrogens (tertiary/aromatic N) is 8. The first-order chi connectivity index (χ1) is 28.9. The van der Waals surface area contributed by atoms with Crippen LogP contribution in [0, 0.1) is 0 Å². The average molecular weight is 820 g/mol. The monoisotopic (exact) mass is 820 g/mol. The molecule has 10 aromatic rings. The minimum atomic E-state index is 0. The van der Waals surface area contributed by atoms with E-state index in [1.54, 1.807) is 18.6 Å². The standard InChI is InChI=1S/2C10H12N2.3C9H11N3.CH4/c2*1-7(2)10-8-5-3-4-6-9(8)11-12-10;1-6(2)9-7-5-10-4-3-8(7)11-12-9;1-6(2)8-9-7(11-12-8)4-3-5-10-9;1-6(2)8-7-4-3-5-10-9(7)12-11-8;/h2*3-7H,1-2H3,(H,11,12);2*3-6H,1-2H3,(H,11,12);3-6H,1-2H3,(H,10,11,12);1H4. The number of rotatable bonds is 5. The molecule has 0 saturated heterocycles. The van der Waals surface area contributed by atoms with Gasteiger partial charge in [0.05, 0.1) is 22.2 Å². The molecule has 0 fully saturated rings. The molecular weight excluding hydrogens is 759 g/mol. The molecule has 0 amide bonds. The van der Waals surface area contributed by atoms with Gasteiger partial charge in [0, 0.05) is 69.1 Å². The molecule has 0 aliphatic carbocycles. The third-order valence-electron chi connectivity index (χ3n) is 9.95. The van der Waals surface area contributed by atoms with E-state index in [9.17, 15) is 0 Å². The number of hydrogen-bond donors (Lipinski definition) is 5. The zero-order valence-corrected chi connectivity index (χ0v) is 36.3. The molecule has 0 bridgehead atoms. The maximum atomic E-state index is 4.27. The summed E-state index contributed by atoms with van der Waals surface area (Å²) >= 11 is 0. The SMILES string of the molecule is C.CC(C)c1[nH]nc2ccccc12.CC(C)c1[nH]nc2ccccc12.CC(C)c1[nH]nc2cccnc12.CC(C)c1[nH]nc2ccncc12.CC(C)c1[nH]nc2ncccc12. The molecule has 0 aliphatic heterocycles. The van der Waals surface area contributed by atoms with Crippen LogP contribution in [0.2, 0.25) is 0 Å². The summed E-state index contributed by atoms with van der Waals surface area (Å²) in [5, 5.41) is 40.8. The summed E-state index contributed by atoms with van der Waals surface area (Å²) in [6, 6.07) is 26.1. The Labute approximate surface area is 358 Å². The molecule has 0 spiro atoms. The van der Waals surface area contributed by atoms with Crippen molar-refractivity contribution in [3.63, 3.8) is 0 Å². The molecule has 0 saturated carbocycles. The summed E-state index contributed by atoms with van der Waals surface area (Å²) in [5.74, 6) is 2.41. The molecular formula is C48H61N13. The Morgan fingerprint density at radius 2 is 0.754 bits per heavy atom. The van der Waals surface area contributed by atoms with Gasteiger partial charge < -0.3 is 0 Å². The van der Waals surface area contributed by atoms with Gasteiger partial charge in [0.1, 0.15) is 11.0 Å². The minimum Gasteiger partial charge on any atom is -0.281 e. The van der Waals surface area contributed by atoms with Crippen LogP contribution < -0.4 is 0 Å². The Morgan fingerprint density at radius 3 is 1.31 bits per heavy atom. The predicted octanol–water partition coefficient (Wildman–Crippen LogP) is 12.3. The highest BCUT2D eigenvalue weighted by atomic mass is 15.2. The maximum absolute atomic E-state index is 4.27. The van der Waals surface area contributed by atoms with Crippen LogP contribution in [0.25, 0.3) is 54.8 Å². The minimum absolute atomic E-state index is 0. The lowest BCUT2D eigenvalue weighted by molar-refractivity contribution is 0.815. The van der Waals surface area contributed by atoms with Crippen LogP contribution in [0.1, 0.15) is 135 Å². The topological polar surface area (TPSA) is 182 Å². The lowest BCUT2D eigenvalue weighted by Gasteiger charge is -1.99. The van der Waals surface area contributed by atoms with Gasteiger partial charge in [-0.15, -0.1) is 0 Å². The fourth-order valence-electron chi connectivity index (χ4n) is 6.73. The van der Waals surface area contributed by atoms with Crippen LogP contribution in [-0.4, -0.2) is 65.9 Å². The second-order valence-corrected chi connectivity index (χ2v) is 16.1. The Kier molecular flexibility index (Phi) is 15.6. The number of benzene rings is 2. The molecule has 0 unspecified atom stereocenters. The van der Waals surface area contributed by atoms with Crippen molar-refractivity contribution >= 4 is 54.8 Å². The molecule has 0 radical (unpaired) electrons. The number of nitrogens with one attached hydrogen (secondary N) is 5. The summed E-state index contributed by atoms with van der Waals surface area (Å²) in [6.07, 6.45) is 7.17. The number of pyridine rings is 3. The van der Waals surface area contributed by atoms with E-state index >= 15 is 0 Å². The first-order valence-corrected chi connectivity index (χ1v) is 20.7. The molecule has 8 heterocycles. The average Bonchev–Trinajstić information content (AvgIpc) is 4.10. The van der Waals surface area contributed by atoms with Gasteiger partial charge in [-0.25, -0.2) is 4.98 Å². The Hall–Kier alpha value is -6.76. The van der Waals surface area contributed by atoms with Crippen molar-refractivity contribution in [3.8, 4) is 0 Å². The van der Waals surface area contributed by atoms with E-state index in [-0.39, 0.29) is 7.43 Å². The molecule has 318 valence electrons. The fourth-order valence-corrected chi connectivity index (χ4v) is 6.73. The third kappa shape index (κ3) is 10.9. The van der Waals surface area contributed by atoms with E-state index in [2.05, 4.69) is 147 Å². The van der Waals surface area contributed by atoms with E-state index in [0.29, 0.717) is 29.6 Å². The van der Waals surface area contributed by atoms with Crippen LogP contribution in [0.15, 0.2) is 104 Å². The van der Waals surface area contributed by atoms with Crippen molar-refractivity contribution in [2.24, 2.45) is 0 Å². The van der Waals surface area contributed by atoms with Crippen molar-refractivity contribution in [2.75, 3.05) is 0 Å². The second kappa shape index (κ2) is 21.0. The van der Waals surface area contributed by atoms with Crippen LogP contribution >= 0.6 is 0 Å². The third-order valence-corrected chi connectivity index (χ3v) is 9.95. The van der Waals surface area contributed by atoms with Gasteiger partial charge in [0.25, 0.3) is 0 Å². The molecule has 5 N–H and O–H groups in total. The largest absolute Gasteiger partial charge is 0.281 e. The molecule has 13 heteroatoms. The number of aromatic nitrogens is 13. The second-order valence-electron chi connectivity index (χ2n) is 16.1. The van der Waals surface area contributed by atoms with Gasteiger partial charge in [-0.2, -0.15) is 25.5 Å². The highest BCUT2D eigenvalue weighted by Gasteiger charge is 2.11. The summed E-state index contributed by atoms with van der Waals surface area (Å²) in [7, 11) is 0.